The second-order valence-corrected chi connectivity index (χ2v) is 6.70. The van der Waals surface area contributed by atoms with E-state index < -0.39 is 0 Å². The highest BCUT2D eigenvalue weighted by Gasteiger charge is 2.22. The molecule has 0 aliphatic rings. The predicted octanol–water partition coefficient (Wildman–Crippen LogP) is 5.53. The highest BCUT2D eigenvalue weighted by atomic mass is 16.5. The third-order valence-corrected chi connectivity index (χ3v) is 3.40. The Hall–Kier alpha value is -2.00. The van der Waals surface area contributed by atoms with E-state index >= 15 is 0 Å². The molecule has 2 aromatic carbocycles. The highest BCUT2D eigenvalue weighted by molar-refractivity contribution is 5.41. The zero-order chi connectivity index (χ0) is 19.5. The monoisotopic (exact) mass is 346 g/mol. The minimum Gasteiger partial charge on any atom is -0.508 e. The molecule has 0 heterocycles. The number of aromatic hydroxyl groups is 1. The van der Waals surface area contributed by atoms with Gasteiger partial charge in [-0.1, -0.05) is 58.4 Å². The van der Waals surface area contributed by atoms with Crippen LogP contribution in [0.15, 0.2) is 48.5 Å². The van der Waals surface area contributed by atoms with Crippen molar-refractivity contribution in [2.75, 3.05) is 7.11 Å². The molecule has 0 saturated heterocycles. The van der Waals surface area contributed by atoms with Crippen LogP contribution in [0.2, 0.25) is 0 Å². The fraction of sp³-hybridized carbons (Fsp3) is 0.455. The Morgan fingerprint density at radius 3 is 1.52 bits per heavy atom. The second kappa shape index (κ2) is 11.5. The summed E-state index contributed by atoms with van der Waals surface area (Å²) in [6.45, 7) is 12.0. The Balaban J connectivity index is 0.000000708. The number of aliphatic hydroxyl groups excluding tert-OH is 1. The average molecular weight is 347 g/mol. The molecule has 2 aromatic rings. The predicted molar refractivity (Wildman–Crippen MR) is 107 cm³/mol. The van der Waals surface area contributed by atoms with Gasteiger partial charge in [-0.25, -0.2) is 0 Å². The van der Waals surface area contributed by atoms with E-state index in [9.17, 15) is 5.11 Å². The van der Waals surface area contributed by atoms with Gasteiger partial charge in [0.1, 0.15) is 11.5 Å². The molecule has 0 radical (unpaired) electrons. The summed E-state index contributed by atoms with van der Waals surface area (Å²) in [4.78, 5) is 0. The van der Waals surface area contributed by atoms with Crippen molar-refractivity contribution in [2.24, 2.45) is 0 Å². The molecule has 0 spiro atoms. The molecule has 0 aliphatic heterocycles. The average Bonchev–Trinajstić information content (AvgIpc) is 2.55. The van der Waals surface area contributed by atoms with E-state index in [0.717, 1.165) is 5.75 Å². The van der Waals surface area contributed by atoms with E-state index in [-0.39, 0.29) is 11.5 Å². The van der Waals surface area contributed by atoms with Gasteiger partial charge < -0.3 is 14.9 Å². The second-order valence-electron chi connectivity index (χ2n) is 6.70. The Morgan fingerprint density at radius 1 is 0.880 bits per heavy atom. The molecule has 0 unspecified atom stereocenters. The van der Waals surface area contributed by atoms with Crippen molar-refractivity contribution < 1.29 is 14.9 Å². The number of aliphatic hydroxyl groups is 1. The van der Waals surface area contributed by atoms with Crippen LogP contribution in [-0.4, -0.2) is 23.4 Å². The van der Waals surface area contributed by atoms with Gasteiger partial charge in [0.15, 0.2) is 0 Å². The number of methoxy groups -OCH3 is 1. The summed E-state index contributed by atoms with van der Waals surface area (Å²) in [6.07, 6.45) is 1.08. The van der Waals surface area contributed by atoms with E-state index in [1.165, 1.54) is 17.5 Å². The normalized spacial score (nSPS) is 10.3. The summed E-state index contributed by atoms with van der Waals surface area (Å²) in [7, 11) is 1.67. The van der Waals surface area contributed by atoms with Crippen LogP contribution in [0.5, 0.6) is 11.5 Å². The van der Waals surface area contributed by atoms with Crippen LogP contribution in [0.1, 0.15) is 59.1 Å². The first kappa shape index (κ1) is 23.0. The van der Waals surface area contributed by atoms with Crippen molar-refractivity contribution in [1.29, 1.82) is 0 Å². The lowest BCUT2D eigenvalue weighted by molar-refractivity contribution is 0.216. The topological polar surface area (TPSA) is 49.7 Å². The Morgan fingerprint density at radius 2 is 1.20 bits per heavy atom. The molecular formula is C22H34O3. The zero-order valence-corrected chi connectivity index (χ0v) is 16.7. The van der Waals surface area contributed by atoms with Gasteiger partial charge in [-0.15, -0.1) is 0 Å². The van der Waals surface area contributed by atoms with Gasteiger partial charge in [0, 0.05) is 11.5 Å². The summed E-state index contributed by atoms with van der Waals surface area (Å²) < 4.78 is 5.17. The smallest absolute Gasteiger partial charge is 0.118 e. The van der Waals surface area contributed by atoms with E-state index in [0.29, 0.717) is 5.75 Å². The summed E-state index contributed by atoms with van der Waals surface area (Å²) >= 11 is 0. The molecule has 140 valence electrons. The molecule has 2 rings (SSSR count). The molecule has 0 aromatic heterocycles. The van der Waals surface area contributed by atoms with Gasteiger partial charge in [0.25, 0.3) is 0 Å². The lowest BCUT2D eigenvalue weighted by Crippen LogP contribution is -2.18. The fourth-order valence-corrected chi connectivity index (χ4v) is 2.05. The van der Waals surface area contributed by atoms with Gasteiger partial charge >= 0.3 is 0 Å². The maximum absolute atomic E-state index is 9.34. The Kier molecular flexibility index (Phi) is 10.6. The maximum Gasteiger partial charge on any atom is 0.118 e. The molecule has 25 heavy (non-hydrogen) atoms. The third kappa shape index (κ3) is 8.59. The van der Waals surface area contributed by atoms with Crippen LogP contribution in [0.4, 0.5) is 0 Å². The van der Waals surface area contributed by atoms with Crippen molar-refractivity contribution in [3.8, 4) is 11.5 Å². The number of hydrogen-bond acceptors (Lipinski definition) is 3. The SMILES string of the molecule is CC(C)O.CCC.COc1ccc(C(C)(C)c2ccc(O)cc2)cc1. The summed E-state index contributed by atoms with van der Waals surface area (Å²) in [5, 5.41) is 17.4. The quantitative estimate of drug-likeness (QED) is 0.768. The maximum atomic E-state index is 9.34. The number of benzene rings is 2. The molecule has 0 saturated carbocycles. The number of phenols is 1. The summed E-state index contributed by atoms with van der Waals surface area (Å²) in [5.74, 6) is 1.16. The Labute approximate surface area is 153 Å². The van der Waals surface area contributed by atoms with Gasteiger partial charge in [-0.05, 0) is 49.2 Å². The number of rotatable bonds is 3. The molecular weight excluding hydrogens is 312 g/mol. The van der Waals surface area contributed by atoms with E-state index in [1.807, 2.05) is 24.3 Å². The lowest BCUT2D eigenvalue weighted by atomic mass is 9.78. The summed E-state index contributed by atoms with van der Waals surface area (Å²) in [6, 6.07) is 15.5. The van der Waals surface area contributed by atoms with Crippen molar-refractivity contribution in [1.82, 2.24) is 0 Å². The lowest BCUT2D eigenvalue weighted by Gasteiger charge is -2.26. The van der Waals surface area contributed by atoms with Crippen LogP contribution in [-0.2, 0) is 5.41 Å². The van der Waals surface area contributed by atoms with Crippen LogP contribution >= 0.6 is 0 Å². The van der Waals surface area contributed by atoms with Gasteiger partial charge in [0.05, 0.1) is 7.11 Å². The first-order chi connectivity index (χ1) is 11.7. The van der Waals surface area contributed by atoms with Crippen LogP contribution in [0.3, 0.4) is 0 Å². The van der Waals surface area contributed by atoms with E-state index in [4.69, 9.17) is 9.84 Å². The standard InChI is InChI=1S/C16H18O2.C3H8O.C3H8/c1-16(2,12-4-8-14(17)9-5-12)13-6-10-15(18-3)11-7-13;1-3(2)4;1-3-2/h4-11,17H,1-3H3;3-4H,1-2H3;3H2,1-2H3. The highest BCUT2D eigenvalue weighted by Crippen LogP contribution is 2.33. The van der Waals surface area contributed by atoms with Crippen molar-refractivity contribution in [3.63, 3.8) is 0 Å². The number of hydrogen-bond donors (Lipinski definition) is 2. The fourth-order valence-electron chi connectivity index (χ4n) is 2.05. The number of phenolic OH excluding ortho intramolecular Hbond substituents is 1. The van der Waals surface area contributed by atoms with Crippen molar-refractivity contribution in [2.45, 2.75) is 59.5 Å². The van der Waals surface area contributed by atoms with Gasteiger partial charge in [0.2, 0.25) is 0 Å². The minimum atomic E-state index is -0.167. The van der Waals surface area contributed by atoms with E-state index in [1.54, 1.807) is 33.1 Å². The summed E-state index contributed by atoms with van der Waals surface area (Å²) in [5.41, 5.74) is 2.29. The molecule has 3 nitrogen and oxygen atoms in total. The molecule has 0 aliphatic carbocycles. The van der Waals surface area contributed by atoms with Crippen molar-refractivity contribution in [3.05, 3.63) is 59.7 Å². The molecule has 0 atom stereocenters. The van der Waals surface area contributed by atoms with Crippen LogP contribution < -0.4 is 4.74 Å². The third-order valence-electron chi connectivity index (χ3n) is 3.40. The zero-order valence-electron chi connectivity index (χ0n) is 16.7. The molecule has 0 bridgehead atoms. The largest absolute Gasteiger partial charge is 0.508 e. The first-order valence-electron chi connectivity index (χ1n) is 8.81. The first-order valence-corrected chi connectivity index (χ1v) is 8.81. The van der Waals surface area contributed by atoms with Gasteiger partial charge in [-0.3, -0.25) is 0 Å². The Bertz CT molecular complexity index is 566. The van der Waals surface area contributed by atoms with Crippen molar-refractivity contribution >= 4 is 0 Å². The number of ether oxygens (including phenoxy) is 1. The molecule has 0 fully saturated rings. The van der Waals surface area contributed by atoms with E-state index in [2.05, 4.69) is 39.8 Å². The van der Waals surface area contributed by atoms with Crippen LogP contribution in [0, 0.1) is 0 Å². The minimum absolute atomic E-state index is 0.0973. The van der Waals surface area contributed by atoms with Gasteiger partial charge in [-0.2, -0.15) is 0 Å². The molecule has 2 N–H and O–H groups in total. The molecule has 3 heteroatoms. The molecule has 0 amide bonds. The van der Waals surface area contributed by atoms with Crippen LogP contribution in [0.25, 0.3) is 0 Å².